The molecule has 1 saturated heterocycles. The van der Waals surface area contributed by atoms with Crippen molar-refractivity contribution < 1.29 is 9.59 Å². The molecule has 1 aliphatic rings. The normalized spacial score (nSPS) is 13.6. The van der Waals surface area contributed by atoms with E-state index in [0.717, 1.165) is 29.8 Å². The summed E-state index contributed by atoms with van der Waals surface area (Å²) >= 11 is 0. The van der Waals surface area contributed by atoms with E-state index in [2.05, 4.69) is 15.3 Å². The summed E-state index contributed by atoms with van der Waals surface area (Å²) in [5.74, 6) is -0.0844. The lowest BCUT2D eigenvalue weighted by Crippen LogP contribution is -2.25. The van der Waals surface area contributed by atoms with E-state index in [4.69, 9.17) is 0 Å². The van der Waals surface area contributed by atoms with Crippen molar-refractivity contribution in [2.24, 2.45) is 0 Å². The van der Waals surface area contributed by atoms with Gasteiger partial charge in [-0.1, -0.05) is 24.3 Å². The molecule has 3 aromatic rings. The monoisotopic (exact) mass is 372 g/mol. The van der Waals surface area contributed by atoms with Crippen LogP contribution >= 0.6 is 0 Å². The lowest BCUT2D eigenvalue weighted by molar-refractivity contribution is -0.128. The fourth-order valence-corrected chi connectivity index (χ4v) is 3.29. The van der Waals surface area contributed by atoms with E-state index in [0.29, 0.717) is 24.2 Å². The number of carbonyl (C=O) groups excluding carboxylic acids is 2. The van der Waals surface area contributed by atoms with Crippen molar-refractivity contribution in [3.63, 3.8) is 0 Å². The van der Waals surface area contributed by atoms with E-state index in [9.17, 15) is 9.59 Å². The van der Waals surface area contributed by atoms with Gasteiger partial charge < -0.3 is 10.2 Å². The number of nitrogens with zero attached hydrogens (tertiary/aromatic N) is 3. The van der Waals surface area contributed by atoms with Crippen molar-refractivity contribution in [1.29, 1.82) is 0 Å². The van der Waals surface area contributed by atoms with Crippen LogP contribution in [-0.2, 0) is 11.3 Å². The van der Waals surface area contributed by atoms with Crippen LogP contribution in [0.25, 0.3) is 11.3 Å². The zero-order valence-electron chi connectivity index (χ0n) is 15.3. The Morgan fingerprint density at radius 1 is 1.11 bits per heavy atom. The summed E-state index contributed by atoms with van der Waals surface area (Å²) in [7, 11) is 0. The second-order valence-electron chi connectivity index (χ2n) is 6.71. The van der Waals surface area contributed by atoms with Crippen LogP contribution in [0.1, 0.15) is 28.8 Å². The molecule has 0 bridgehead atoms. The van der Waals surface area contributed by atoms with Crippen LogP contribution in [0.5, 0.6) is 0 Å². The maximum atomic E-state index is 12.8. The summed E-state index contributed by atoms with van der Waals surface area (Å²) in [5.41, 5.74) is 3.62. The van der Waals surface area contributed by atoms with E-state index >= 15 is 0 Å². The third-order valence-electron chi connectivity index (χ3n) is 4.76. The number of anilines is 1. The van der Waals surface area contributed by atoms with Gasteiger partial charge in [-0.2, -0.15) is 0 Å². The van der Waals surface area contributed by atoms with Gasteiger partial charge in [-0.05, 0) is 36.2 Å². The number of pyridine rings is 2. The average Bonchev–Trinajstić information content (AvgIpc) is 3.14. The summed E-state index contributed by atoms with van der Waals surface area (Å²) in [5, 5.41) is 2.96. The van der Waals surface area contributed by atoms with Gasteiger partial charge in [-0.15, -0.1) is 0 Å². The van der Waals surface area contributed by atoms with Gasteiger partial charge in [0.15, 0.2) is 0 Å². The summed E-state index contributed by atoms with van der Waals surface area (Å²) in [4.78, 5) is 35.0. The van der Waals surface area contributed by atoms with Gasteiger partial charge in [0.1, 0.15) is 0 Å². The number of amides is 2. The largest absolute Gasteiger partial charge is 0.338 e. The van der Waals surface area contributed by atoms with Gasteiger partial charge >= 0.3 is 0 Å². The predicted octanol–water partition coefficient (Wildman–Crippen LogP) is 3.52. The highest BCUT2D eigenvalue weighted by atomic mass is 16.2. The first-order chi connectivity index (χ1) is 13.7. The second-order valence-corrected chi connectivity index (χ2v) is 6.71. The third-order valence-corrected chi connectivity index (χ3v) is 4.76. The topological polar surface area (TPSA) is 75.2 Å². The van der Waals surface area contributed by atoms with Gasteiger partial charge in [0.25, 0.3) is 5.91 Å². The molecule has 140 valence electrons. The minimum Gasteiger partial charge on any atom is -0.338 e. The van der Waals surface area contributed by atoms with Crippen molar-refractivity contribution in [2.45, 2.75) is 19.4 Å². The van der Waals surface area contributed by atoms with Gasteiger partial charge in [0.05, 0.1) is 11.3 Å². The smallest absolute Gasteiger partial charge is 0.257 e. The first-order valence-electron chi connectivity index (χ1n) is 9.24. The Morgan fingerprint density at radius 2 is 1.96 bits per heavy atom. The molecule has 2 aromatic heterocycles. The minimum atomic E-state index is -0.245. The number of likely N-dealkylation sites (tertiary alicyclic amines) is 1. The van der Waals surface area contributed by atoms with Crippen LogP contribution < -0.4 is 5.32 Å². The minimum absolute atomic E-state index is 0.161. The molecule has 1 aromatic carbocycles. The molecule has 1 aliphatic heterocycles. The lowest BCUT2D eigenvalue weighted by Gasteiger charge is -2.18. The molecule has 1 N–H and O–H groups in total. The quantitative estimate of drug-likeness (QED) is 0.744. The number of para-hydroxylation sites is 1. The number of hydrogen-bond acceptors (Lipinski definition) is 4. The number of aromatic nitrogens is 2. The Bertz CT molecular complexity index is 1000. The van der Waals surface area contributed by atoms with Crippen molar-refractivity contribution in [3.8, 4) is 11.3 Å². The Hall–Kier alpha value is -3.54. The molecule has 4 rings (SSSR count). The first-order valence-corrected chi connectivity index (χ1v) is 9.24. The van der Waals surface area contributed by atoms with E-state index in [1.807, 2.05) is 47.4 Å². The zero-order valence-corrected chi connectivity index (χ0v) is 15.3. The van der Waals surface area contributed by atoms with Crippen LogP contribution in [0.4, 0.5) is 5.69 Å². The van der Waals surface area contributed by atoms with Gasteiger partial charge in [0, 0.05) is 49.4 Å². The molecule has 6 nitrogen and oxygen atoms in total. The van der Waals surface area contributed by atoms with Gasteiger partial charge in [-0.3, -0.25) is 19.6 Å². The zero-order chi connectivity index (χ0) is 19.3. The van der Waals surface area contributed by atoms with Gasteiger partial charge in [-0.25, -0.2) is 0 Å². The number of benzene rings is 1. The van der Waals surface area contributed by atoms with Crippen LogP contribution in [0.3, 0.4) is 0 Å². The van der Waals surface area contributed by atoms with Crippen molar-refractivity contribution in [2.75, 3.05) is 11.9 Å². The summed E-state index contributed by atoms with van der Waals surface area (Å²) < 4.78 is 0. The molecule has 28 heavy (non-hydrogen) atoms. The molecular weight excluding hydrogens is 352 g/mol. The van der Waals surface area contributed by atoms with E-state index in [1.165, 1.54) is 6.20 Å². The van der Waals surface area contributed by atoms with Crippen molar-refractivity contribution >= 4 is 17.5 Å². The second kappa shape index (κ2) is 8.00. The summed E-state index contributed by atoms with van der Waals surface area (Å²) in [6, 6.07) is 15.0. The van der Waals surface area contributed by atoms with Crippen LogP contribution in [0, 0.1) is 0 Å². The highest BCUT2D eigenvalue weighted by Crippen LogP contribution is 2.22. The molecule has 0 atom stereocenters. The fourth-order valence-electron chi connectivity index (χ4n) is 3.29. The summed E-state index contributed by atoms with van der Waals surface area (Å²) in [6.07, 6.45) is 6.41. The molecule has 6 heteroatoms. The number of nitrogens with one attached hydrogen (secondary N) is 1. The average molecular weight is 372 g/mol. The maximum absolute atomic E-state index is 12.8. The Kier molecular flexibility index (Phi) is 5.10. The molecule has 2 amide bonds. The Morgan fingerprint density at radius 3 is 2.75 bits per heavy atom. The van der Waals surface area contributed by atoms with Crippen molar-refractivity contribution in [1.82, 2.24) is 14.9 Å². The molecule has 0 spiro atoms. The number of carbonyl (C=O) groups is 2. The fraction of sp³-hybridized carbons (Fsp3) is 0.182. The first kappa shape index (κ1) is 17.9. The molecule has 0 radical (unpaired) electrons. The third kappa shape index (κ3) is 3.91. The van der Waals surface area contributed by atoms with Crippen LogP contribution in [0.2, 0.25) is 0 Å². The van der Waals surface area contributed by atoms with Crippen LogP contribution in [0.15, 0.2) is 67.1 Å². The SMILES string of the molecule is O=C(Nc1ccccc1CN1CCCC1=O)c1cncc(-c2ccccn2)c1. The van der Waals surface area contributed by atoms with E-state index in [-0.39, 0.29) is 11.8 Å². The van der Waals surface area contributed by atoms with Crippen molar-refractivity contribution in [3.05, 3.63) is 78.2 Å². The lowest BCUT2D eigenvalue weighted by atomic mass is 10.1. The van der Waals surface area contributed by atoms with E-state index in [1.54, 1.807) is 18.5 Å². The molecule has 0 aliphatic carbocycles. The molecule has 1 fully saturated rings. The predicted molar refractivity (Wildman–Crippen MR) is 107 cm³/mol. The van der Waals surface area contributed by atoms with Gasteiger partial charge in [0.2, 0.25) is 5.91 Å². The van der Waals surface area contributed by atoms with Crippen LogP contribution in [-0.4, -0.2) is 33.2 Å². The number of hydrogen-bond donors (Lipinski definition) is 1. The Labute approximate surface area is 163 Å². The molecular formula is C22H20N4O2. The maximum Gasteiger partial charge on any atom is 0.257 e. The highest BCUT2D eigenvalue weighted by Gasteiger charge is 2.21. The molecule has 0 saturated carbocycles. The summed E-state index contributed by atoms with van der Waals surface area (Å²) in [6.45, 7) is 1.26. The van der Waals surface area contributed by atoms with E-state index < -0.39 is 0 Å². The highest BCUT2D eigenvalue weighted by molar-refractivity contribution is 6.05. The standard InChI is InChI=1S/C22H20N4O2/c27-21-9-5-11-26(21)15-16-6-1-2-8-20(16)25-22(28)18-12-17(13-23-14-18)19-7-3-4-10-24-19/h1-4,6-8,10,12-14H,5,9,11,15H2,(H,25,28). The molecule has 3 heterocycles. The number of rotatable bonds is 5. The Balaban J connectivity index is 1.54. The molecule has 0 unspecified atom stereocenters.